The molecule has 0 saturated heterocycles. The summed E-state index contributed by atoms with van der Waals surface area (Å²) in [4.78, 5) is 15.5. The van der Waals surface area contributed by atoms with E-state index >= 15 is 0 Å². The quantitative estimate of drug-likeness (QED) is 0.581. The van der Waals surface area contributed by atoms with Gasteiger partial charge in [-0.05, 0) is 24.5 Å². The van der Waals surface area contributed by atoms with E-state index in [1.807, 2.05) is 12.1 Å². The van der Waals surface area contributed by atoms with Gasteiger partial charge in [-0.1, -0.05) is 22.0 Å². The van der Waals surface area contributed by atoms with Crippen molar-refractivity contribution in [1.29, 1.82) is 0 Å². The largest absolute Gasteiger partial charge is 0.455 e. The first-order valence-corrected chi connectivity index (χ1v) is 5.85. The second-order valence-corrected chi connectivity index (χ2v) is 4.81. The van der Waals surface area contributed by atoms with E-state index in [9.17, 15) is 4.79 Å². The molecule has 0 saturated carbocycles. The molecule has 0 N–H and O–H groups in total. The highest BCUT2D eigenvalue weighted by molar-refractivity contribution is 9.09. The Hall–Kier alpha value is -0.900. The second-order valence-electron chi connectivity index (χ2n) is 3.63. The van der Waals surface area contributed by atoms with Gasteiger partial charge in [0.15, 0.2) is 6.10 Å². The maximum Gasteiger partial charge on any atom is 0.303 e. The Bertz CT molecular complexity index is 381. The lowest BCUT2D eigenvalue weighted by atomic mass is 9.93. The molecule has 1 aromatic heterocycles. The number of nitrogens with zero attached hydrogens (tertiary/aromatic N) is 1. The normalized spacial score (nSPS) is 24.4. The molecule has 1 aromatic rings. The number of hydrogen-bond acceptors (Lipinski definition) is 3. The summed E-state index contributed by atoms with van der Waals surface area (Å²) < 4.78 is 5.28. The molecular formula is C11H12BrNO2. The van der Waals surface area contributed by atoms with E-state index in [-0.39, 0.29) is 16.9 Å². The molecular weight excluding hydrogens is 258 g/mol. The molecule has 0 amide bonds. The predicted octanol–water partition coefficient (Wildman–Crippen LogP) is 2.40. The van der Waals surface area contributed by atoms with Crippen molar-refractivity contribution >= 4 is 21.9 Å². The number of fused-ring (bicyclic) bond motifs is 1. The monoisotopic (exact) mass is 269 g/mol. The lowest BCUT2D eigenvalue weighted by Gasteiger charge is -2.28. The lowest BCUT2D eigenvalue weighted by Crippen LogP contribution is -2.25. The molecule has 0 aliphatic heterocycles. The molecule has 3 nitrogen and oxygen atoms in total. The molecule has 80 valence electrons. The zero-order chi connectivity index (χ0) is 10.8. The van der Waals surface area contributed by atoms with Crippen LogP contribution in [0.4, 0.5) is 0 Å². The third-order valence-corrected chi connectivity index (χ3v) is 3.44. The van der Waals surface area contributed by atoms with Gasteiger partial charge in [0.1, 0.15) is 0 Å². The predicted molar refractivity (Wildman–Crippen MR) is 59.8 cm³/mol. The summed E-state index contributed by atoms with van der Waals surface area (Å²) in [5.74, 6) is -0.261. The van der Waals surface area contributed by atoms with Crippen molar-refractivity contribution in [3.63, 3.8) is 0 Å². The molecule has 15 heavy (non-hydrogen) atoms. The Morgan fingerprint density at radius 3 is 3.20 bits per heavy atom. The van der Waals surface area contributed by atoms with Gasteiger partial charge in [0.05, 0.1) is 10.5 Å². The summed E-state index contributed by atoms with van der Waals surface area (Å²) in [6.45, 7) is 1.43. The molecule has 0 bridgehead atoms. The Morgan fingerprint density at radius 2 is 2.47 bits per heavy atom. The molecule has 2 rings (SSSR count). The van der Waals surface area contributed by atoms with Crippen molar-refractivity contribution in [2.75, 3.05) is 0 Å². The second kappa shape index (κ2) is 4.31. The van der Waals surface area contributed by atoms with Crippen LogP contribution in [0.3, 0.4) is 0 Å². The Morgan fingerprint density at radius 1 is 1.67 bits per heavy atom. The maximum absolute atomic E-state index is 11.0. The SMILES string of the molecule is CC(=O)OC1c2ncccc2CC[C@@H]1Br. The van der Waals surface area contributed by atoms with Crippen LogP contribution in [0.15, 0.2) is 18.3 Å². The van der Waals surface area contributed by atoms with Gasteiger partial charge in [-0.15, -0.1) is 0 Å². The van der Waals surface area contributed by atoms with Crippen LogP contribution >= 0.6 is 15.9 Å². The average Bonchev–Trinajstić information content (AvgIpc) is 2.22. The van der Waals surface area contributed by atoms with Gasteiger partial charge in [-0.2, -0.15) is 0 Å². The van der Waals surface area contributed by atoms with Gasteiger partial charge >= 0.3 is 5.97 Å². The van der Waals surface area contributed by atoms with Crippen LogP contribution in [0.5, 0.6) is 0 Å². The van der Waals surface area contributed by atoms with E-state index in [0.29, 0.717) is 0 Å². The molecule has 4 heteroatoms. The highest BCUT2D eigenvalue weighted by Gasteiger charge is 2.31. The van der Waals surface area contributed by atoms with Gasteiger partial charge in [0, 0.05) is 13.1 Å². The van der Waals surface area contributed by atoms with Crippen LogP contribution in [0.25, 0.3) is 0 Å². The maximum atomic E-state index is 11.0. The highest BCUT2D eigenvalue weighted by atomic mass is 79.9. The van der Waals surface area contributed by atoms with Crippen LogP contribution in [0.1, 0.15) is 30.7 Å². The number of aryl methyl sites for hydroxylation is 1. The van der Waals surface area contributed by atoms with Gasteiger partial charge in [-0.3, -0.25) is 9.78 Å². The molecule has 1 unspecified atom stereocenters. The van der Waals surface area contributed by atoms with E-state index in [4.69, 9.17) is 4.74 Å². The fraction of sp³-hybridized carbons (Fsp3) is 0.455. The van der Waals surface area contributed by atoms with E-state index in [0.717, 1.165) is 18.5 Å². The van der Waals surface area contributed by atoms with Gasteiger partial charge < -0.3 is 4.74 Å². The standard InChI is InChI=1S/C11H12BrNO2/c1-7(14)15-11-9(12)5-4-8-3-2-6-13-10(8)11/h2-3,6,9,11H,4-5H2,1H3/t9-,11?/m0/s1. The summed E-state index contributed by atoms with van der Waals surface area (Å²) in [6.07, 6.45) is 3.45. The molecule has 1 heterocycles. The fourth-order valence-corrected chi connectivity index (χ4v) is 2.43. The highest BCUT2D eigenvalue weighted by Crippen LogP contribution is 2.35. The van der Waals surface area contributed by atoms with Crippen molar-refractivity contribution < 1.29 is 9.53 Å². The van der Waals surface area contributed by atoms with Crippen molar-refractivity contribution in [2.45, 2.75) is 30.7 Å². The van der Waals surface area contributed by atoms with E-state index in [1.54, 1.807) is 6.20 Å². The van der Waals surface area contributed by atoms with Crippen LogP contribution in [0.2, 0.25) is 0 Å². The molecule has 0 spiro atoms. The topological polar surface area (TPSA) is 39.2 Å². The smallest absolute Gasteiger partial charge is 0.303 e. The van der Waals surface area contributed by atoms with Crippen LogP contribution in [-0.2, 0) is 16.0 Å². The first-order valence-electron chi connectivity index (χ1n) is 4.93. The number of halogens is 1. The summed E-state index contributed by atoms with van der Waals surface area (Å²) >= 11 is 3.54. The Balaban J connectivity index is 2.32. The van der Waals surface area contributed by atoms with Crippen molar-refractivity contribution in [3.8, 4) is 0 Å². The minimum Gasteiger partial charge on any atom is -0.455 e. The number of pyridine rings is 1. The summed E-state index contributed by atoms with van der Waals surface area (Å²) in [5, 5.41) is 0. The number of ether oxygens (including phenoxy) is 1. The number of aromatic nitrogens is 1. The minimum absolute atomic E-state index is 0.170. The van der Waals surface area contributed by atoms with E-state index in [1.165, 1.54) is 12.5 Å². The van der Waals surface area contributed by atoms with Crippen LogP contribution in [0, 0.1) is 0 Å². The number of carbonyl (C=O) groups excluding carboxylic acids is 1. The molecule has 2 atom stereocenters. The first kappa shape index (κ1) is 10.6. The van der Waals surface area contributed by atoms with Crippen LogP contribution < -0.4 is 0 Å². The Labute approximate surface area is 97.0 Å². The third kappa shape index (κ3) is 2.20. The van der Waals surface area contributed by atoms with Crippen LogP contribution in [-0.4, -0.2) is 15.8 Å². The minimum atomic E-state index is -0.261. The molecule has 0 aromatic carbocycles. The van der Waals surface area contributed by atoms with Crippen molar-refractivity contribution in [3.05, 3.63) is 29.6 Å². The molecule has 1 aliphatic carbocycles. The van der Waals surface area contributed by atoms with Crippen molar-refractivity contribution in [1.82, 2.24) is 4.98 Å². The number of carbonyl (C=O) groups is 1. The van der Waals surface area contributed by atoms with Gasteiger partial charge in [0.2, 0.25) is 0 Å². The van der Waals surface area contributed by atoms with E-state index < -0.39 is 0 Å². The summed E-state index contributed by atoms with van der Waals surface area (Å²) in [6, 6.07) is 3.95. The zero-order valence-electron chi connectivity index (χ0n) is 8.44. The molecule has 1 aliphatic rings. The average molecular weight is 270 g/mol. The number of rotatable bonds is 1. The zero-order valence-corrected chi connectivity index (χ0v) is 10.0. The Kier molecular flexibility index (Phi) is 3.05. The van der Waals surface area contributed by atoms with Gasteiger partial charge in [0.25, 0.3) is 0 Å². The third-order valence-electron chi connectivity index (χ3n) is 2.51. The number of esters is 1. The number of alkyl halides is 1. The van der Waals surface area contributed by atoms with Crippen molar-refractivity contribution in [2.24, 2.45) is 0 Å². The fourth-order valence-electron chi connectivity index (χ4n) is 1.84. The number of hydrogen-bond donors (Lipinski definition) is 0. The van der Waals surface area contributed by atoms with E-state index in [2.05, 4.69) is 20.9 Å². The first-order chi connectivity index (χ1) is 7.18. The lowest BCUT2D eigenvalue weighted by molar-refractivity contribution is -0.147. The molecule has 0 radical (unpaired) electrons. The van der Waals surface area contributed by atoms with Gasteiger partial charge in [-0.25, -0.2) is 0 Å². The summed E-state index contributed by atoms with van der Waals surface area (Å²) in [7, 11) is 0. The summed E-state index contributed by atoms with van der Waals surface area (Å²) in [5.41, 5.74) is 2.07. The molecule has 0 fully saturated rings.